The molecule has 2 aromatic carbocycles. The van der Waals surface area contributed by atoms with Crippen LogP contribution in [0.1, 0.15) is 0 Å². The van der Waals surface area contributed by atoms with Crippen molar-refractivity contribution in [3.63, 3.8) is 0 Å². The molecule has 0 aliphatic heterocycles. The summed E-state index contributed by atoms with van der Waals surface area (Å²) in [6.45, 7) is 0. The Kier molecular flexibility index (Phi) is 2.16. The minimum atomic E-state index is 0.269. The highest BCUT2D eigenvalue weighted by atomic mass is 79.9. The zero-order chi connectivity index (χ0) is 12.0. The maximum atomic E-state index is 6.09. The van der Waals surface area contributed by atoms with E-state index in [2.05, 4.69) is 25.9 Å². The highest BCUT2D eigenvalue weighted by Crippen LogP contribution is 2.33. The summed E-state index contributed by atoms with van der Waals surface area (Å²) in [6.07, 6.45) is 1.71. The van der Waals surface area contributed by atoms with Gasteiger partial charge in [-0.3, -0.25) is 0 Å². The van der Waals surface area contributed by atoms with E-state index in [-0.39, 0.29) is 5.95 Å². The number of rotatable bonds is 0. The minimum Gasteiger partial charge on any atom is -0.397 e. The molecule has 0 spiro atoms. The van der Waals surface area contributed by atoms with E-state index >= 15 is 0 Å². The average Bonchev–Trinajstić information content (AvgIpc) is 2.33. The number of anilines is 2. The number of nitrogen functional groups attached to an aromatic ring is 2. The maximum Gasteiger partial charge on any atom is 0.220 e. The number of fused-ring (bicyclic) bond motifs is 3. The molecule has 0 saturated carbocycles. The van der Waals surface area contributed by atoms with Crippen LogP contribution in [0.15, 0.2) is 34.9 Å². The van der Waals surface area contributed by atoms with Crippen LogP contribution in [0.5, 0.6) is 0 Å². The molecule has 0 amide bonds. The Hall–Kier alpha value is -1.88. The number of hydrogen-bond donors (Lipinski definition) is 2. The molecule has 0 atom stereocenters. The molecule has 3 aromatic rings. The van der Waals surface area contributed by atoms with E-state index in [9.17, 15) is 0 Å². The fourth-order valence-corrected chi connectivity index (χ4v) is 2.28. The van der Waals surface area contributed by atoms with Gasteiger partial charge in [0, 0.05) is 21.4 Å². The number of nitrogens with zero attached hydrogens (tertiary/aromatic N) is 2. The summed E-state index contributed by atoms with van der Waals surface area (Å²) in [7, 11) is 0. The lowest BCUT2D eigenvalue weighted by molar-refractivity contribution is 1.24. The van der Waals surface area contributed by atoms with E-state index in [0.717, 1.165) is 26.1 Å². The molecule has 17 heavy (non-hydrogen) atoms. The predicted octanol–water partition coefficient (Wildman–Crippen LogP) is 2.71. The van der Waals surface area contributed by atoms with Crippen LogP contribution in [0.2, 0.25) is 0 Å². The summed E-state index contributed by atoms with van der Waals surface area (Å²) in [4.78, 5) is 8.22. The van der Waals surface area contributed by atoms with Crippen LogP contribution < -0.4 is 11.5 Å². The molecule has 5 heteroatoms. The number of nitrogens with two attached hydrogens (primary N) is 2. The van der Waals surface area contributed by atoms with E-state index in [0.29, 0.717) is 5.69 Å². The lowest BCUT2D eigenvalue weighted by atomic mass is 10.0. The van der Waals surface area contributed by atoms with Gasteiger partial charge < -0.3 is 11.5 Å². The lowest BCUT2D eigenvalue weighted by Gasteiger charge is -2.07. The molecule has 4 N–H and O–H groups in total. The normalized spacial score (nSPS) is 11.1. The molecular formula is C12H9BrN4. The molecule has 84 valence electrons. The fourth-order valence-electron chi connectivity index (χ4n) is 1.95. The molecule has 0 aliphatic rings. The molecule has 4 nitrogen and oxygen atoms in total. The predicted molar refractivity (Wildman–Crippen MR) is 73.6 cm³/mol. The van der Waals surface area contributed by atoms with E-state index < -0.39 is 0 Å². The van der Waals surface area contributed by atoms with Gasteiger partial charge in [0.2, 0.25) is 5.95 Å². The molecule has 0 saturated heterocycles. The van der Waals surface area contributed by atoms with Gasteiger partial charge in [0.05, 0.1) is 11.2 Å². The largest absolute Gasteiger partial charge is 0.397 e. The first kappa shape index (κ1) is 10.3. The first-order chi connectivity index (χ1) is 8.16. The fraction of sp³-hybridized carbons (Fsp3) is 0. The van der Waals surface area contributed by atoms with Crippen molar-refractivity contribution in [2.75, 3.05) is 11.5 Å². The third-order valence-corrected chi connectivity index (χ3v) is 3.44. The summed E-state index contributed by atoms with van der Waals surface area (Å²) in [6, 6.07) is 7.84. The molecule has 1 aromatic heterocycles. The topological polar surface area (TPSA) is 77.8 Å². The van der Waals surface area contributed by atoms with Gasteiger partial charge in [0.25, 0.3) is 0 Å². The quantitative estimate of drug-likeness (QED) is 0.492. The van der Waals surface area contributed by atoms with Gasteiger partial charge in [0.15, 0.2) is 0 Å². The van der Waals surface area contributed by atoms with Crippen LogP contribution in [0.25, 0.3) is 21.7 Å². The second kappa shape index (κ2) is 3.56. The van der Waals surface area contributed by atoms with Crippen LogP contribution in [0, 0.1) is 0 Å². The van der Waals surface area contributed by atoms with Crippen LogP contribution in [0.4, 0.5) is 11.6 Å². The van der Waals surface area contributed by atoms with E-state index in [4.69, 9.17) is 11.5 Å². The van der Waals surface area contributed by atoms with Crippen LogP contribution in [-0.2, 0) is 0 Å². The highest BCUT2D eigenvalue weighted by molar-refractivity contribution is 9.10. The van der Waals surface area contributed by atoms with E-state index in [1.165, 1.54) is 0 Å². The highest BCUT2D eigenvalue weighted by Gasteiger charge is 2.08. The average molecular weight is 289 g/mol. The van der Waals surface area contributed by atoms with Crippen molar-refractivity contribution in [3.05, 3.63) is 34.9 Å². The Labute approximate surface area is 106 Å². The van der Waals surface area contributed by atoms with Crippen molar-refractivity contribution >= 4 is 49.2 Å². The van der Waals surface area contributed by atoms with Gasteiger partial charge >= 0.3 is 0 Å². The van der Waals surface area contributed by atoms with Gasteiger partial charge in [-0.1, -0.05) is 12.1 Å². The number of halogens is 1. The monoisotopic (exact) mass is 288 g/mol. The van der Waals surface area contributed by atoms with E-state index in [1.807, 2.05) is 24.3 Å². The third kappa shape index (κ3) is 1.51. The molecular weight excluding hydrogens is 280 g/mol. The minimum absolute atomic E-state index is 0.269. The van der Waals surface area contributed by atoms with Gasteiger partial charge in [-0.05, 0) is 33.4 Å². The van der Waals surface area contributed by atoms with E-state index in [1.54, 1.807) is 6.20 Å². The summed E-state index contributed by atoms with van der Waals surface area (Å²) in [5.74, 6) is 0.269. The van der Waals surface area contributed by atoms with Crippen molar-refractivity contribution in [2.24, 2.45) is 0 Å². The van der Waals surface area contributed by atoms with Crippen LogP contribution in [-0.4, -0.2) is 9.97 Å². The van der Waals surface area contributed by atoms with Crippen molar-refractivity contribution < 1.29 is 0 Å². The van der Waals surface area contributed by atoms with Crippen molar-refractivity contribution in [2.45, 2.75) is 0 Å². The third-order valence-electron chi connectivity index (χ3n) is 2.75. The molecule has 3 rings (SSSR count). The number of hydrogen-bond acceptors (Lipinski definition) is 4. The number of benzene rings is 2. The summed E-state index contributed by atoms with van der Waals surface area (Å²) >= 11 is 3.43. The number of aromatic nitrogens is 2. The molecule has 0 radical (unpaired) electrons. The Bertz CT molecular complexity index is 739. The standard InChI is InChI=1S/C12H9BrN4/c13-8-3-1-6-2-4-9-7(10(6)11(8)14)5-16-12(15)17-9/h1-5H,14H2,(H2,15,16,17). The Balaban J connectivity index is 2.58. The first-order valence-corrected chi connectivity index (χ1v) is 5.85. The molecule has 0 aliphatic carbocycles. The Morgan fingerprint density at radius 1 is 1.06 bits per heavy atom. The molecule has 0 fully saturated rings. The molecule has 0 bridgehead atoms. The Morgan fingerprint density at radius 2 is 1.82 bits per heavy atom. The maximum absolute atomic E-state index is 6.09. The second-order valence-electron chi connectivity index (χ2n) is 3.79. The van der Waals surface area contributed by atoms with Gasteiger partial charge in [0.1, 0.15) is 0 Å². The molecule has 0 unspecified atom stereocenters. The first-order valence-electron chi connectivity index (χ1n) is 5.06. The zero-order valence-corrected chi connectivity index (χ0v) is 10.4. The second-order valence-corrected chi connectivity index (χ2v) is 4.64. The van der Waals surface area contributed by atoms with Gasteiger partial charge in [-0.2, -0.15) is 0 Å². The van der Waals surface area contributed by atoms with Crippen molar-refractivity contribution in [1.82, 2.24) is 9.97 Å². The lowest BCUT2D eigenvalue weighted by Crippen LogP contribution is -1.96. The molecule has 1 heterocycles. The van der Waals surface area contributed by atoms with Crippen molar-refractivity contribution in [3.8, 4) is 0 Å². The van der Waals surface area contributed by atoms with Crippen LogP contribution >= 0.6 is 15.9 Å². The smallest absolute Gasteiger partial charge is 0.220 e. The van der Waals surface area contributed by atoms with Gasteiger partial charge in [-0.15, -0.1) is 0 Å². The van der Waals surface area contributed by atoms with Gasteiger partial charge in [-0.25, -0.2) is 9.97 Å². The summed E-state index contributed by atoms with van der Waals surface area (Å²) in [5, 5.41) is 2.93. The zero-order valence-electron chi connectivity index (χ0n) is 8.81. The van der Waals surface area contributed by atoms with Crippen LogP contribution in [0.3, 0.4) is 0 Å². The summed E-state index contributed by atoms with van der Waals surface area (Å²) in [5.41, 5.74) is 13.2. The van der Waals surface area contributed by atoms with Crippen molar-refractivity contribution in [1.29, 1.82) is 0 Å². The SMILES string of the molecule is Nc1ncc2c(ccc3ccc(Br)c(N)c32)n1. The Morgan fingerprint density at radius 3 is 2.65 bits per heavy atom. The summed E-state index contributed by atoms with van der Waals surface area (Å²) < 4.78 is 0.870.